The topological polar surface area (TPSA) is 18.1 Å². The molecule has 2 aromatic heterocycles. The number of benzene rings is 10. The highest BCUT2D eigenvalue weighted by molar-refractivity contribution is 7.21. The molecule has 0 saturated carbocycles. The van der Waals surface area contributed by atoms with Crippen molar-refractivity contribution in [1.29, 1.82) is 0 Å². The molecule has 0 spiro atoms. The van der Waals surface area contributed by atoms with Gasteiger partial charge in [-0.3, -0.25) is 0 Å². The van der Waals surface area contributed by atoms with Crippen LogP contribution in [-0.4, -0.2) is 20.7 Å². The second-order valence-corrected chi connectivity index (χ2v) is 24.7. The molecule has 0 aliphatic rings. The lowest BCUT2D eigenvalue weighted by atomic mass is 10.1. The normalized spacial score (nSPS) is 12.1. The van der Waals surface area contributed by atoms with Gasteiger partial charge in [-0.25, -0.2) is 0 Å². The lowest BCUT2D eigenvalue weighted by Crippen LogP contribution is -2.75. The SMILES string of the molecule is Cc1ccccc1[Si](c1ccccc1)(c1ccccc1)c1ccc2oc3c([Si](c4ccccc4)(c4ccccc4)c4ccccc4)cc(-n4c5ccccc5c5ccccc54)cc3c2c1. The lowest BCUT2D eigenvalue weighted by molar-refractivity contribution is 0.671. The zero-order valence-electron chi connectivity index (χ0n) is 36.1. The summed E-state index contributed by atoms with van der Waals surface area (Å²) in [6.07, 6.45) is 0. The van der Waals surface area contributed by atoms with Crippen molar-refractivity contribution in [3.8, 4) is 5.69 Å². The van der Waals surface area contributed by atoms with Gasteiger partial charge in [0.25, 0.3) is 0 Å². The number of nitrogens with zero attached hydrogens (tertiary/aromatic N) is 1. The molecule has 4 heteroatoms. The van der Waals surface area contributed by atoms with Crippen molar-refractivity contribution in [3.63, 3.8) is 0 Å². The summed E-state index contributed by atoms with van der Waals surface area (Å²) >= 11 is 0. The minimum absolute atomic E-state index is 0.885. The molecule has 0 aliphatic carbocycles. The van der Waals surface area contributed by atoms with Crippen LogP contribution in [0.25, 0.3) is 49.4 Å². The second kappa shape index (κ2) is 15.8. The smallest absolute Gasteiger partial charge is 0.184 e. The van der Waals surface area contributed by atoms with Crippen molar-refractivity contribution in [2.75, 3.05) is 0 Å². The van der Waals surface area contributed by atoms with Gasteiger partial charge in [0.15, 0.2) is 16.1 Å². The summed E-state index contributed by atoms with van der Waals surface area (Å²) in [7, 11) is -6.03. The number of rotatable bonds is 9. The van der Waals surface area contributed by atoms with Crippen molar-refractivity contribution >= 4 is 101 Å². The third-order valence-corrected chi connectivity index (χ3v) is 23.5. The van der Waals surface area contributed by atoms with E-state index in [1.165, 1.54) is 68.9 Å². The van der Waals surface area contributed by atoms with Crippen molar-refractivity contribution < 1.29 is 4.42 Å². The monoisotopic (exact) mass is 863 g/mol. The predicted octanol–water partition coefficient (Wildman–Crippen LogP) is 9.75. The molecule has 0 fully saturated rings. The molecular formula is C61H45NOSi2. The Labute approximate surface area is 381 Å². The van der Waals surface area contributed by atoms with Crippen molar-refractivity contribution in [2.45, 2.75) is 6.92 Å². The Hall–Kier alpha value is -7.77. The van der Waals surface area contributed by atoms with Gasteiger partial charge in [0.1, 0.15) is 11.2 Å². The Morgan fingerprint density at radius 2 is 0.738 bits per heavy atom. The Bertz CT molecular complexity index is 3470. The van der Waals surface area contributed by atoms with E-state index < -0.39 is 16.1 Å². The van der Waals surface area contributed by atoms with Crippen LogP contribution >= 0.6 is 0 Å². The fourth-order valence-electron chi connectivity index (χ4n) is 11.1. The van der Waals surface area contributed by atoms with E-state index in [1.807, 2.05) is 0 Å². The van der Waals surface area contributed by atoms with Crippen LogP contribution in [0.2, 0.25) is 0 Å². The summed E-state index contributed by atoms with van der Waals surface area (Å²) in [4.78, 5) is 0. The van der Waals surface area contributed by atoms with Crippen LogP contribution in [0.15, 0.2) is 259 Å². The molecular weight excluding hydrogens is 819 g/mol. The molecule has 0 amide bonds. The Balaban J connectivity index is 1.27. The van der Waals surface area contributed by atoms with Crippen LogP contribution in [0.3, 0.4) is 0 Å². The Morgan fingerprint density at radius 3 is 1.22 bits per heavy atom. The number of fused-ring (bicyclic) bond motifs is 6. The second-order valence-electron chi connectivity index (χ2n) is 17.2. The summed E-state index contributed by atoms with van der Waals surface area (Å²) in [5.41, 5.74) is 6.59. The standard InChI is InChI=1S/C61H45NOSi2/c1-44-23-17-22-38-59(44)65(49-30-13-5-14-31-49,50-32-15-6-16-33-50)51-39-40-58-54(43-51)55-41-45(62-56-36-20-18-34-52(56)53-35-19-21-37-57(53)62)42-60(61(55)63-58)64(46-24-7-2-8-25-46,47-26-9-3-10-27-47)48-28-11-4-12-29-48/h2-43H,1H3. The Kier molecular flexibility index (Phi) is 9.44. The van der Waals surface area contributed by atoms with Gasteiger partial charge >= 0.3 is 0 Å². The molecule has 0 radical (unpaired) electrons. The molecule has 0 aliphatic heterocycles. The molecule has 0 bridgehead atoms. The first-order valence-electron chi connectivity index (χ1n) is 22.5. The van der Waals surface area contributed by atoms with E-state index in [0.717, 1.165) is 27.6 Å². The molecule has 10 aromatic carbocycles. The minimum Gasteiger partial charge on any atom is -0.456 e. The minimum atomic E-state index is -3.12. The van der Waals surface area contributed by atoms with Gasteiger partial charge in [-0.1, -0.05) is 230 Å². The maximum absolute atomic E-state index is 7.45. The molecule has 12 aromatic rings. The Morgan fingerprint density at radius 1 is 0.323 bits per heavy atom. The highest BCUT2D eigenvalue weighted by Crippen LogP contribution is 2.36. The highest BCUT2D eigenvalue weighted by atomic mass is 28.3. The third kappa shape index (κ3) is 5.99. The molecule has 0 N–H and O–H groups in total. The molecule has 0 atom stereocenters. The lowest BCUT2D eigenvalue weighted by Gasteiger charge is -2.35. The van der Waals surface area contributed by atoms with Crippen LogP contribution in [0.5, 0.6) is 0 Å². The zero-order valence-corrected chi connectivity index (χ0v) is 38.1. The van der Waals surface area contributed by atoms with Crippen molar-refractivity contribution in [2.24, 2.45) is 0 Å². The number of hydrogen-bond donors (Lipinski definition) is 0. The van der Waals surface area contributed by atoms with E-state index in [2.05, 4.69) is 266 Å². The fraction of sp³-hybridized carbons (Fsp3) is 0.0164. The van der Waals surface area contributed by atoms with Gasteiger partial charge in [0.2, 0.25) is 0 Å². The molecule has 308 valence electrons. The van der Waals surface area contributed by atoms with Crippen LogP contribution < -0.4 is 41.5 Å². The summed E-state index contributed by atoms with van der Waals surface area (Å²) in [5, 5.41) is 15.3. The summed E-state index contributed by atoms with van der Waals surface area (Å²) in [6.45, 7) is 2.28. The molecule has 2 heterocycles. The number of hydrogen-bond acceptors (Lipinski definition) is 1. The summed E-state index contributed by atoms with van der Waals surface area (Å²) in [6, 6.07) is 94.9. The van der Waals surface area contributed by atoms with E-state index in [9.17, 15) is 0 Å². The average Bonchev–Trinajstić information content (AvgIpc) is 3.92. The largest absolute Gasteiger partial charge is 0.456 e. The van der Waals surface area contributed by atoms with Crippen LogP contribution in [-0.2, 0) is 0 Å². The number of furan rings is 1. The predicted molar refractivity (Wildman–Crippen MR) is 280 cm³/mol. The first kappa shape index (κ1) is 38.9. The number of para-hydroxylation sites is 2. The molecule has 12 rings (SSSR count). The first-order chi connectivity index (χ1) is 32.2. The van der Waals surface area contributed by atoms with Gasteiger partial charge < -0.3 is 8.98 Å². The molecule has 0 saturated heterocycles. The maximum atomic E-state index is 7.45. The van der Waals surface area contributed by atoms with E-state index in [-0.39, 0.29) is 0 Å². The fourth-order valence-corrected chi connectivity index (χ4v) is 21.0. The quantitative estimate of drug-likeness (QED) is 0.105. The van der Waals surface area contributed by atoms with Crippen molar-refractivity contribution in [1.82, 2.24) is 4.57 Å². The first-order valence-corrected chi connectivity index (χ1v) is 26.5. The van der Waals surface area contributed by atoms with Crippen molar-refractivity contribution in [3.05, 3.63) is 260 Å². The summed E-state index contributed by atoms with van der Waals surface area (Å²) in [5.74, 6) is 0. The van der Waals surface area contributed by atoms with E-state index >= 15 is 0 Å². The molecule has 0 unspecified atom stereocenters. The van der Waals surface area contributed by atoms with Gasteiger partial charge in [-0.15, -0.1) is 0 Å². The van der Waals surface area contributed by atoms with Gasteiger partial charge in [-0.2, -0.15) is 0 Å². The van der Waals surface area contributed by atoms with Crippen LogP contribution in [0, 0.1) is 6.92 Å². The molecule has 65 heavy (non-hydrogen) atoms. The summed E-state index contributed by atoms with van der Waals surface area (Å²) < 4.78 is 9.93. The van der Waals surface area contributed by atoms with Crippen LogP contribution in [0.4, 0.5) is 0 Å². The van der Waals surface area contributed by atoms with Gasteiger partial charge in [-0.05, 0) is 78.7 Å². The zero-order chi connectivity index (χ0) is 43.4. The number of aromatic nitrogens is 1. The molecule has 2 nitrogen and oxygen atoms in total. The number of aryl methyl sites for hydroxylation is 1. The van der Waals surface area contributed by atoms with Gasteiger partial charge in [0, 0.05) is 27.2 Å². The van der Waals surface area contributed by atoms with E-state index in [4.69, 9.17) is 4.42 Å². The average molecular weight is 864 g/mol. The highest BCUT2D eigenvalue weighted by Gasteiger charge is 2.45. The van der Waals surface area contributed by atoms with Gasteiger partial charge in [0.05, 0.1) is 11.0 Å². The maximum Gasteiger partial charge on any atom is 0.184 e. The third-order valence-electron chi connectivity index (χ3n) is 13.8. The van der Waals surface area contributed by atoms with Crippen LogP contribution in [0.1, 0.15) is 5.56 Å². The van der Waals surface area contributed by atoms with E-state index in [0.29, 0.717) is 0 Å². The van der Waals surface area contributed by atoms with E-state index in [1.54, 1.807) is 0 Å².